The number of halogens is 2. The minimum absolute atomic E-state index is 0.0257. The summed E-state index contributed by atoms with van der Waals surface area (Å²) in [6.45, 7) is 0.413. The predicted octanol–water partition coefficient (Wildman–Crippen LogP) is 1.69. The molecule has 0 amide bonds. The Labute approximate surface area is 75.8 Å². The van der Waals surface area contributed by atoms with Crippen molar-refractivity contribution in [2.24, 2.45) is 0 Å². The van der Waals surface area contributed by atoms with Gasteiger partial charge in [0.2, 0.25) is 0 Å². The van der Waals surface area contributed by atoms with Crippen molar-refractivity contribution in [1.29, 1.82) is 0 Å². The van der Waals surface area contributed by atoms with E-state index in [2.05, 4.69) is 11.2 Å². The SMILES string of the molecule is C#CCNCc1c(F)cccc1F. The van der Waals surface area contributed by atoms with Gasteiger partial charge in [-0.05, 0) is 12.1 Å². The topological polar surface area (TPSA) is 12.0 Å². The first-order chi connectivity index (χ1) is 6.25. The zero-order valence-electron chi connectivity index (χ0n) is 6.98. The normalized spacial score (nSPS) is 9.62. The third kappa shape index (κ3) is 2.53. The van der Waals surface area contributed by atoms with Gasteiger partial charge in [-0.1, -0.05) is 12.0 Å². The number of terminal acetylenes is 1. The van der Waals surface area contributed by atoms with E-state index >= 15 is 0 Å². The number of benzene rings is 1. The first-order valence-corrected chi connectivity index (χ1v) is 3.82. The molecule has 0 atom stereocenters. The molecule has 3 heteroatoms. The van der Waals surface area contributed by atoms with Crippen LogP contribution in [-0.4, -0.2) is 6.54 Å². The molecular weight excluding hydrogens is 172 g/mol. The molecule has 0 aromatic heterocycles. The Balaban J connectivity index is 2.71. The van der Waals surface area contributed by atoms with Gasteiger partial charge in [0.25, 0.3) is 0 Å². The highest BCUT2D eigenvalue weighted by Gasteiger charge is 2.06. The van der Waals surface area contributed by atoms with Gasteiger partial charge in [-0.3, -0.25) is 0 Å². The van der Waals surface area contributed by atoms with Crippen LogP contribution in [0.1, 0.15) is 5.56 Å². The second-order valence-corrected chi connectivity index (χ2v) is 2.51. The van der Waals surface area contributed by atoms with Gasteiger partial charge < -0.3 is 5.32 Å². The molecule has 0 aliphatic carbocycles. The van der Waals surface area contributed by atoms with Gasteiger partial charge in [0.15, 0.2) is 0 Å². The van der Waals surface area contributed by atoms with E-state index in [0.717, 1.165) is 0 Å². The van der Waals surface area contributed by atoms with E-state index in [1.54, 1.807) is 0 Å². The molecule has 0 aliphatic rings. The lowest BCUT2D eigenvalue weighted by molar-refractivity contribution is 0.543. The van der Waals surface area contributed by atoms with E-state index in [1.807, 2.05) is 0 Å². The van der Waals surface area contributed by atoms with Crippen LogP contribution < -0.4 is 5.32 Å². The van der Waals surface area contributed by atoms with Gasteiger partial charge in [-0.15, -0.1) is 6.42 Å². The molecular formula is C10H9F2N. The first-order valence-electron chi connectivity index (χ1n) is 3.82. The Morgan fingerprint density at radius 2 is 1.92 bits per heavy atom. The third-order valence-corrected chi connectivity index (χ3v) is 1.59. The van der Waals surface area contributed by atoms with Gasteiger partial charge in [-0.2, -0.15) is 0 Å². The van der Waals surface area contributed by atoms with Crippen LogP contribution in [0, 0.1) is 24.0 Å². The average molecular weight is 181 g/mol. The fraction of sp³-hybridized carbons (Fsp3) is 0.200. The molecule has 1 N–H and O–H groups in total. The lowest BCUT2D eigenvalue weighted by atomic mass is 10.2. The molecule has 0 unspecified atom stereocenters. The summed E-state index contributed by atoms with van der Waals surface area (Å²) in [7, 11) is 0. The van der Waals surface area contributed by atoms with Crippen molar-refractivity contribution in [2.45, 2.75) is 6.54 Å². The highest BCUT2D eigenvalue weighted by atomic mass is 19.1. The zero-order chi connectivity index (χ0) is 9.68. The van der Waals surface area contributed by atoms with Crippen LogP contribution in [0.25, 0.3) is 0 Å². The van der Waals surface area contributed by atoms with E-state index < -0.39 is 11.6 Å². The van der Waals surface area contributed by atoms with E-state index in [-0.39, 0.29) is 12.1 Å². The molecule has 0 bridgehead atoms. The molecule has 1 nitrogen and oxygen atoms in total. The van der Waals surface area contributed by atoms with Crippen LogP contribution in [-0.2, 0) is 6.54 Å². The first kappa shape index (κ1) is 9.69. The Bertz CT molecular complexity index is 308. The highest BCUT2D eigenvalue weighted by molar-refractivity contribution is 5.19. The summed E-state index contributed by atoms with van der Waals surface area (Å²) in [6, 6.07) is 3.77. The molecule has 0 saturated carbocycles. The molecule has 68 valence electrons. The summed E-state index contributed by atoms with van der Waals surface area (Å²) in [6.07, 6.45) is 4.97. The van der Waals surface area contributed by atoms with Crippen LogP contribution in [0.15, 0.2) is 18.2 Å². The summed E-state index contributed by atoms with van der Waals surface area (Å²) in [5.74, 6) is 1.22. The largest absolute Gasteiger partial charge is 0.302 e. The summed E-state index contributed by atoms with van der Waals surface area (Å²) < 4.78 is 25.9. The lowest BCUT2D eigenvalue weighted by Gasteiger charge is -2.03. The standard InChI is InChI=1S/C10H9F2N/c1-2-6-13-7-8-9(11)4-3-5-10(8)12/h1,3-5,13H,6-7H2. The zero-order valence-corrected chi connectivity index (χ0v) is 6.98. The van der Waals surface area contributed by atoms with E-state index in [9.17, 15) is 8.78 Å². The molecule has 0 spiro atoms. The van der Waals surface area contributed by atoms with Gasteiger partial charge in [0.1, 0.15) is 11.6 Å². The van der Waals surface area contributed by atoms with Crippen LogP contribution in [0.4, 0.5) is 8.78 Å². The Morgan fingerprint density at radius 3 is 2.46 bits per heavy atom. The van der Waals surface area contributed by atoms with E-state index in [4.69, 9.17) is 6.42 Å². The van der Waals surface area contributed by atoms with Crippen LogP contribution in [0.2, 0.25) is 0 Å². The van der Waals surface area contributed by atoms with Crippen LogP contribution in [0.3, 0.4) is 0 Å². The van der Waals surface area contributed by atoms with Crippen molar-refractivity contribution in [3.05, 3.63) is 35.4 Å². The molecule has 1 aromatic rings. The van der Waals surface area contributed by atoms with Gasteiger partial charge in [-0.25, -0.2) is 8.78 Å². The maximum absolute atomic E-state index is 12.9. The van der Waals surface area contributed by atoms with Crippen molar-refractivity contribution in [3.63, 3.8) is 0 Å². The highest BCUT2D eigenvalue weighted by Crippen LogP contribution is 2.10. The minimum Gasteiger partial charge on any atom is -0.302 e. The minimum atomic E-state index is -0.551. The molecule has 0 heterocycles. The van der Waals surface area contributed by atoms with Crippen molar-refractivity contribution < 1.29 is 8.78 Å². The van der Waals surface area contributed by atoms with Gasteiger partial charge in [0, 0.05) is 12.1 Å². The smallest absolute Gasteiger partial charge is 0.130 e. The quantitative estimate of drug-likeness (QED) is 0.552. The average Bonchev–Trinajstić information content (AvgIpc) is 2.10. The molecule has 0 radical (unpaired) electrons. The van der Waals surface area contributed by atoms with E-state index in [1.165, 1.54) is 18.2 Å². The Kier molecular flexibility index (Phi) is 3.41. The molecule has 13 heavy (non-hydrogen) atoms. The molecule has 1 aromatic carbocycles. The second kappa shape index (κ2) is 4.58. The number of hydrogen-bond acceptors (Lipinski definition) is 1. The Hall–Kier alpha value is -1.40. The fourth-order valence-electron chi connectivity index (χ4n) is 0.961. The number of rotatable bonds is 3. The van der Waals surface area contributed by atoms with Crippen molar-refractivity contribution in [1.82, 2.24) is 5.32 Å². The number of nitrogens with one attached hydrogen (secondary N) is 1. The van der Waals surface area contributed by atoms with Gasteiger partial charge in [0.05, 0.1) is 6.54 Å². The van der Waals surface area contributed by atoms with Crippen molar-refractivity contribution in [3.8, 4) is 12.3 Å². The predicted molar refractivity (Wildman–Crippen MR) is 46.9 cm³/mol. The van der Waals surface area contributed by atoms with Crippen LogP contribution in [0.5, 0.6) is 0 Å². The Morgan fingerprint density at radius 1 is 1.31 bits per heavy atom. The van der Waals surface area contributed by atoms with Crippen molar-refractivity contribution >= 4 is 0 Å². The fourth-order valence-corrected chi connectivity index (χ4v) is 0.961. The third-order valence-electron chi connectivity index (χ3n) is 1.59. The molecule has 1 rings (SSSR count). The van der Waals surface area contributed by atoms with Crippen molar-refractivity contribution in [2.75, 3.05) is 6.54 Å². The summed E-state index contributed by atoms with van der Waals surface area (Å²) in [5.41, 5.74) is 0.0257. The lowest BCUT2D eigenvalue weighted by Crippen LogP contribution is -2.15. The number of hydrogen-bond donors (Lipinski definition) is 1. The van der Waals surface area contributed by atoms with Crippen LogP contribution >= 0.6 is 0 Å². The maximum atomic E-state index is 12.9. The molecule has 0 saturated heterocycles. The van der Waals surface area contributed by atoms with Gasteiger partial charge >= 0.3 is 0 Å². The second-order valence-electron chi connectivity index (χ2n) is 2.51. The monoisotopic (exact) mass is 181 g/mol. The summed E-state index contributed by atoms with van der Waals surface area (Å²) in [4.78, 5) is 0. The molecule has 0 aliphatic heterocycles. The maximum Gasteiger partial charge on any atom is 0.130 e. The summed E-state index contributed by atoms with van der Waals surface area (Å²) in [5, 5.41) is 2.72. The summed E-state index contributed by atoms with van der Waals surface area (Å²) >= 11 is 0. The van der Waals surface area contributed by atoms with E-state index in [0.29, 0.717) is 6.54 Å². The molecule has 0 fully saturated rings.